The molecule has 2 rings (SSSR count). The molecule has 0 saturated heterocycles. The first-order valence-corrected chi connectivity index (χ1v) is 9.00. The first-order chi connectivity index (χ1) is 12.4. The maximum Gasteiger partial charge on any atom is 0.224 e. The molecule has 0 aliphatic carbocycles. The largest absolute Gasteiger partial charge is 0.345 e. The summed E-state index contributed by atoms with van der Waals surface area (Å²) in [5.74, 6) is -0.232. The summed E-state index contributed by atoms with van der Waals surface area (Å²) >= 11 is 12.2. The van der Waals surface area contributed by atoms with Crippen molar-refractivity contribution in [2.45, 2.75) is 19.8 Å². The Kier molecular flexibility index (Phi) is 7.42. The predicted molar refractivity (Wildman–Crippen MR) is 105 cm³/mol. The summed E-state index contributed by atoms with van der Waals surface area (Å²) in [7, 11) is 1.76. The highest BCUT2D eigenvalue weighted by Gasteiger charge is 2.18. The van der Waals surface area contributed by atoms with Crippen molar-refractivity contribution in [3.8, 4) is 0 Å². The Balaban J connectivity index is 1.94. The third kappa shape index (κ3) is 5.44. The monoisotopic (exact) mass is 393 g/mol. The van der Waals surface area contributed by atoms with Gasteiger partial charge >= 0.3 is 0 Å². The molecule has 0 atom stereocenters. The molecule has 1 aromatic heterocycles. The lowest BCUT2D eigenvalue weighted by atomic mass is 10.2. The van der Waals surface area contributed by atoms with E-state index in [-0.39, 0.29) is 24.8 Å². The van der Waals surface area contributed by atoms with Gasteiger partial charge in [-0.15, -0.1) is 0 Å². The van der Waals surface area contributed by atoms with Crippen molar-refractivity contribution in [3.05, 3.63) is 58.3 Å². The number of amides is 2. The van der Waals surface area contributed by atoms with Gasteiger partial charge in [-0.3, -0.25) is 14.6 Å². The average molecular weight is 394 g/mol. The molecule has 0 aliphatic rings. The fourth-order valence-corrected chi connectivity index (χ4v) is 2.92. The zero-order valence-corrected chi connectivity index (χ0v) is 16.3. The smallest absolute Gasteiger partial charge is 0.224 e. The summed E-state index contributed by atoms with van der Waals surface area (Å²) in [6, 6.07) is 8.95. The second-order valence-corrected chi connectivity index (χ2v) is 6.70. The van der Waals surface area contributed by atoms with Crippen LogP contribution < -0.4 is 4.90 Å². The van der Waals surface area contributed by atoms with E-state index in [9.17, 15) is 9.59 Å². The SMILES string of the molecule is CC(=O)N(CCC(=O)N(C)CCc1ccncc1)c1cccc(Cl)c1Cl. The van der Waals surface area contributed by atoms with Gasteiger partial charge in [-0.05, 0) is 36.2 Å². The molecule has 0 unspecified atom stereocenters. The fraction of sp³-hybridized carbons (Fsp3) is 0.316. The first-order valence-electron chi connectivity index (χ1n) is 8.25. The van der Waals surface area contributed by atoms with Crippen LogP contribution in [0.3, 0.4) is 0 Å². The number of rotatable bonds is 7. The van der Waals surface area contributed by atoms with Gasteiger partial charge in [0.2, 0.25) is 11.8 Å². The number of likely N-dealkylation sites (N-methyl/N-ethyl adjacent to an activating group) is 1. The number of benzene rings is 1. The van der Waals surface area contributed by atoms with Gasteiger partial charge in [0.1, 0.15) is 0 Å². The highest BCUT2D eigenvalue weighted by molar-refractivity contribution is 6.44. The number of nitrogens with zero attached hydrogens (tertiary/aromatic N) is 3. The first kappa shape index (κ1) is 20.2. The Morgan fingerprint density at radius 3 is 2.42 bits per heavy atom. The topological polar surface area (TPSA) is 53.5 Å². The standard InChI is InChI=1S/C19H21Cl2N3O2/c1-14(25)24(17-5-3-4-16(20)19(17)21)13-9-18(26)23(2)12-8-15-6-10-22-11-7-15/h3-7,10-11H,8-9,12-13H2,1-2H3. The van der Waals surface area contributed by atoms with Crippen molar-refractivity contribution in [2.24, 2.45) is 0 Å². The third-order valence-corrected chi connectivity index (χ3v) is 4.87. The van der Waals surface area contributed by atoms with Crippen LogP contribution in [0, 0.1) is 0 Å². The van der Waals surface area contributed by atoms with E-state index in [1.165, 1.54) is 11.8 Å². The number of halogens is 2. The number of anilines is 1. The number of carbonyl (C=O) groups is 2. The lowest BCUT2D eigenvalue weighted by Crippen LogP contribution is -2.35. The van der Waals surface area contributed by atoms with E-state index in [2.05, 4.69) is 4.98 Å². The third-order valence-electron chi connectivity index (χ3n) is 4.06. The van der Waals surface area contributed by atoms with E-state index in [0.29, 0.717) is 22.3 Å². The zero-order valence-electron chi connectivity index (χ0n) is 14.8. The summed E-state index contributed by atoms with van der Waals surface area (Å²) < 4.78 is 0. The lowest BCUT2D eigenvalue weighted by Gasteiger charge is -2.24. The van der Waals surface area contributed by atoms with Gasteiger partial charge < -0.3 is 9.80 Å². The molecule has 0 fully saturated rings. The highest BCUT2D eigenvalue weighted by atomic mass is 35.5. The minimum absolute atomic E-state index is 0.0385. The summed E-state index contributed by atoms with van der Waals surface area (Å²) in [4.78, 5) is 31.5. The van der Waals surface area contributed by atoms with Gasteiger partial charge in [-0.2, -0.15) is 0 Å². The Bertz CT molecular complexity index is 769. The number of aromatic nitrogens is 1. The minimum atomic E-state index is -0.193. The van der Waals surface area contributed by atoms with Crippen molar-refractivity contribution in [3.63, 3.8) is 0 Å². The summed E-state index contributed by atoms with van der Waals surface area (Å²) in [5.41, 5.74) is 1.63. The molecule has 2 amide bonds. The number of hydrogen-bond donors (Lipinski definition) is 0. The van der Waals surface area contributed by atoms with Gasteiger partial charge in [0, 0.05) is 45.9 Å². The van der Waals surface area contributed by atoms with Gasteiger partial charge in [0.15, 0.2) is 0 Å². The molecule has 0 saturated carbocycles. The van der Waals surface area contributed by atoms with Crippen molar-refractivity contribution in [1.82, 2.24) is 9.88 Å². The van der Waals surface area contributed by atoms with Crippen molar-refractivity contribution in [1.29, 1.82) is 0 Å². The van der Waals surface area contributed by atoms with Crippen LogP contribution in [0.2, 0.25) is 10.0 Å². The van der Waals surface area contributed by atoms with Crippen LogP contribution in [0.25, 0.3) is 0 Å². The van der Waals surface area contributed by atoms with Crippen molar-refractivity contribution >= 4 is 40.7 Å². The normalized spacial score (nSPS) is 10.5. The molecule has 0 aliphatic heterocycles. The molecule has 2 aromatic rings. The summed E-state index contributed by atoms with van der Waals surface area (Å²) in [6.45, 7) is 2.28. The Morgan fingerprint density at radius 2 is 1.77 bits per heavy atom. The maximum atomic E-state index is 12.4. The van der Waals surface area contributed by atoms with E-state index in [1.54, 1.807) is 42.5 Å². The zero-order chi connectivity index (χ0) is 19.1. The Hall–Kier alpha value is -2.11. The minimum Gasteiger partial charge on any atom is -0.345 e. The van der Waals surface area contributed by atoms with E-state index < -0.39 is 0 Å². The fourth-order valence-electron chi connectivity index (χ4n) is 2.52. The molecular formula is C19H21Cl2N3O2. The molecular weight excluding hydrogens is 373 g/mol. The molecule has 26 heavy (non-hydrogen) atoms. The molecule has 0 bridgehead atoms. The molecule has 1 heterocycles. The van der Waals surface area contributed by atoms with E-state index in [4.69, 9.17) is 23.2 Å². The predicted octanol–water partition coefficient (Wildman–Crippen LogP) is 3.83. The Labute approximate surface area is 163 Å². The number of hydrogen-bond acceptors (Lipinski definition) is 3. The lowest BCUT2D eigenvalue weighted by molar-refractivity contribution is -0.129. The quantitative estimate of drug-likeness (QED) is 0.717. The molecule has 0 spiro atoms. The van der Waals surface area contributed by atoms with Gasteiger partial charge in [0.05, 0.1) is 15.7 Å². The van der Waals surface area contributed by atoms with Gasteiger partial charge in [-0.25, -0.2) is 0 Å². The molecule has 138 valence electrons. The van der Waals surface area contributed by atoms with Gasteiger partial charge in [0.25, 0.3) is 0 Å². The van der Waals surface area contributed by atoms with Crippen LogP contribution in [-0.4, -0.2) is 41.8 Å². The highest BCUT2D eigenvalue weighted by Crippen LogP contribution is 2.32. The summed E-state index contributed by atoms with van der Waals surface area (Å²) in [5, 5.41) is 0.680. The van der Waals surface area contributed by atoms with Gasteiger partial charge in [-0.1, -0.05) is 29.3 Å². The van der Waals surface area contributed by atoms with E-state index in [1.807, 2.05) is 12.1 Å². The maximum absolute atomic E-state index is 12.4. The number of pyridine rings is 1. The second kappa shape index (κ2) is 9.55. The van der Waals surface area contributed by atoms with Crippen LogP contribution >= 0.6 is 23.2 Å². The molecule has 1 aromatic carbocycles. The van der Waals surface area contributed by atoms with Crippen molar-refractivity contribution < 1.29 is 9.59 Å². The van der Waals surface area contributed by atoms with Crippen LogP contribution in [0.5, 0.6) is 0 Å². The van der Waals surface area contributed by atoms with E-state index in [0.717, 1.165) is 12.0 Å². The van der Waals surface area contributed by atoms with Crippen LogP contribution in [0.15, 0.2) is 42.7 Å². The second-order valence-electron chi connectivity index (χ2n) is 5.91. The molecule has 0 radical (unpaired) electrons. The van der Waals surface area contributed by atoms with Crippen LogP contribution in [0.4, 0.5) is 5.69 Å². The average Bonchev–Trinajstić information content (AvgIpc) is 2.63. The number of carbonyl (C=O) groups excluding carboxylic acids is 2. The molecule has 0 N–H and O–H groups in total. The summed E-state index contributed by atoms with van der Waals surface area (Å²) in [6.07, 6.45) is 4.42. The Morgan fingerprint density at radius 1 is 1.08 bits per heavy atom. The molecule has 5 nitrogen and oxygen atoms in total. The van der Waals surface area contributed by atoms with Crippen LogP contribution in [-0.2, 0) is 16.0 Å². The van der Waals surface area contributed by atoms with Crippen LogP contribution in [0.1, 0.15) is 18.9 Å². The van der Waals surface area contributed by atoms with E-state index >= 15 is 0 Å². The van der Waals surface area contributed by atoms with Crippen molar-refractivity contribution in [2.75, 3.05) is 25.0 Å². The molecule has 7 heteroatoms.